The molecule has 2 aliphatic heterocycles. The number of likely N-dealkylation sites (tertiary alicyclic amines) is 2. The zero-order valence-electron chi connectivity index (χ0n) is 19.4. The Balaban J connectivity index is 1.21. The van der Waals surface area contributed by atoms with Gasteiger partial charge in [-0.1, -0.05) is 60.7 Å². The van der Waals surface area contributed by atoms with E-state index in [0.29, 0.717) is 19.4 Å². The summed E-state index contributed by atoms with van der Waals surface area (Å²) in [5.74, 6) is -1.36. The molecule has 1 N–H and O–H groups in total. The molecule has 34 heavy (non-hydrogen) atoms. The van der Waals surface area contributed by atoms with E-state index in [9.17, 15) is 14.4 Å². The van der Waals surface area contributed by atoms with Crippen molar-refractivity contribution >= 4 is 17.7 Å². The Labute approximate surface area is 200 Å². The van der Waals surface area contributed by atoms with Gasteiger partial charge < -0.3 is 5.32 Å². The summed E-state index contributed by atoms with van der Waals surface area (Å²) in [4.78, 5) is 41.5. The van der Waals surface area contributed by atoms with Crippen molar-refractivity contribution in [2.24, 2.45) is 11.8 Å². The van der Waals surface area contributed by atoms with Crippen molar-refractivity contribution in [1.29, 1.82) is 0 Å². The lowest BCUT2D eigenvalue weighted by Gasteiger charge is -2.16. The second kappa shape index (κ2) is 9.94. The zero-order valence-corrected chi connectivity index (χ0v) is 19.4. The fraction of sp³-hybridized carbons (Fsp3) is 0.393. The van der Waals surface area contributed by atoms with Gasteiger partial charge in [0.05, 0.1) is 11.8 Å². The molecule has 2 aromatic rings. The molecule has 0 aromatic heterocycles. The van der Waals surface area contributed by atoms with Crippen molar-refractivity contribution in [1.82, 2.24) is 15.1 Å². The molecule has 0 spiro atoms. The minimum absolute atomic E-state index is 0.210. The second-order valence-electron chi connectivity index (χ2n) is 9.53. The van der Waals surface area contributed by atoms with Gasteiger partial charge in [0.25, 0.3) is 0 Å². The highest BCUT2D eigenvalue weighted by atomic mass is 16.2. The van der Waals surface area contributed by atoms with Gasteiger partial charge >= 0.3 is 0 Å². The summed E-state index contributed by atoms with van der Waals surface area (Å²) >= 11 is 0. The molecule has 1 aliphatic carbocycles. The summed E-state index contributed by atoms with van der Waals surface area (Å²) in [5.41, 5.74) is 4.49. The van der Waals surface area contributed by atoms with Gasteiger partial charge in [-0.3, -0.25) is 24.2 Å². The lowest BCUT2D eigenvalue weighted by molar-refractivity contribution is -0.143. The molecule has 2 aromatic carbocycles. The number of hydrogen-bond acceptors (Lipinski definition) is 4. The van der Waals surface area contributed by atoms with Crippen molar-refractivity contribution in [3.05, 3.63) is 71.8 Å². The standard InChI is InChI=1S/C28H31N3O3/c32-26(19-31-27(33)24-9-3-4-10-25(24)28(31)34)29-17-22-7-1-2-8-23(22)21-13-11-20(12-14-21)18-30-15-5-6-16-30/h1-4,7-8,11-14,24-25H,5-6,9-10,15-19H2,(H,29,32)/t24-,25-/m1/s1. The van der Waals surface area contributed by atoms with Crippen molar-refractivity contribution in [2.45, 2.75) is 38.8 Å². The summed E-state index contributed by atoms with van der Waals surface area (Å²) in [6.45, 7) is 3.48. The number of nitrogens with one attached hydrogen (secondary N) is 1. The van der Waals surface area contributed by atoms with Crippen molar-refractivity contribution in [2.75, 3.05) is 19.6 Å². The predicted octanol–water partition coefficient (Wildman–Crippen LogP) is 3.52. The first-order valence-corrected chi connectivity index (χ1v) is 12.3. The van der Waals surface area contributed by atoms with E-state index >= 15 is 0 Å². The third-order valence-electron chi connectivity index (χ3n) is 7.26. The number of allylic oxidation sites excluding steroid dienone is 2. The van der Waals surface area contributed by atoms with Crippen molar-refractivity contribution in [3.63, 3.8) is 0 Å². The average Bonchev–Trinajstić information content (AvgIpc) is 3.46. The minimum atomic E-state index is -0.316. The highest BCUT2D eigenvalue weighted by Crippen LogP contribution is 2.34. The second-order valence-corrected chi connectivity index (χ2v) is 9.53. The monoisotopic (exact) mass is 457 g/mol. The normalized spacial score (nSPS) is 22.3. The lowest BCUT2D eigenvalue weighted by atomic mass is 9.85. The van der Waals surface area contributed by atoms with Crippen LogP contribution in [0.4, 0.5) is 0 Å². The topological polar surface area (TPSA) is 69.7 Å². The smallest absolute Gasteiger partial charge is 0.240 e. The molecule has 176 valence electrons. The Morgan fingerprint density at radius 2 is 1.53 bits per heavy atom. The minimum Gasteiger partial charge on any atom is -0.350 e. The molecular weight excluding hydrogens is 426 g/mol. The molecule has 2 heterocycles. The first-order valence-electron chi connectivity index (χ1n) is 12.3. The van der Waals surface area contributed by atoms with Crippen LogP contribution in [0.2, 0.25) is 0 Å². The number of nitrogens with zero attached hydrogens (tertiary/aromatic N) is 2. The van der Waals surface area contributed by atoms with Gasteiger partial charge in [-0.2, -0.15) is 0 Å². The quantitative estimate of drug-likeness (QED) is 0.510. The highest BCUT2D eigenvalue weighted by Gasteiger charge is 2.47. The van der Waals surface area contributed by atoms with E-state index in [1.807, 2.05) is 30.4 Å². The molecule has 5 rings (SSSR count). The molecule has 6 heteroatoms. The molecule has 2 atom stereocenters. The Hall–Kier alpha value is -3.25. The maximum atomic E-state index is 12.6. The highest BCUT2D eigenvalue weighted by molar-refractivity contribution is 6.07. The summed E-state index contributed by atoms with van der Waals surface area (Å²) < 4.78 is 0. The third-order valence-corrected chi connectivity index (χ3v) is 7.26. The molecule has 3 amide bonds. The maximum absolute atomic E-state index is 12.6. The van der Waals surface area contributed by atoms with Crippen molar-refractivity contribution in [3.8, 4) is 11.1 Å². The number of carbonyl (C=O) groups is 3. The number of benzene rings is 2. The van der Waals surface area contributed by atoms with Gasteiger partial charge in [0.15, 0.2) is 0 Å². The first kappa shape index (κ1) is 22.5. The fourth-order valence-corrected chi connectivity index (χ4v) is 5.36. The molecule has 6 nitrogen and oxygen atoms in total. The van der Waals surface area contributed by atoms with Crippen LogP contribution in [-0.4, -0.2) is 47.2 Å². The summed E-state index contributed by atoms with van der Waals surface area (Å²) in [6, 6.07) is 16.7. The average molecular weight is 458 g/mol. The van der Waals surface area contributed by atoms with Crippen LogP contribution in [0.5, 0.6) is 0 Å². The molecule has 0 unspecified atom stereocenters. The van der Waals surface area contributed by atoms with Gasteiger partial charge in [-0.15, -0.1) is 0 Å². The van der Waals surface area contributed by atoms with Crippen LogP contribution in [0.1, 0.15) is 36.8 Å². The van der Waals surface area contributed by atoms with E-state index < -0.39 is 0 Å². The largest absolute Gasteiger partial charge is 0.350 e. The van der Waals surface area contributed by atoms with Crippen molar-refractivity contribution < 1.29 is 14.4 Å². The SMILES string of the molecule is O=C(CN1C(=O)[C@@H]2CC=CC[C@H]2C1=O)NCc1ccccc1-c1ccc(CN2CCCC2)cc1. The van der Waals surface area contributed by atoms with E-state index in [0.717, 1.165) is 28.1 Å². The van der Waals surface area contributed by atoms with E-state index in [2.05, 4.69) is 40.5 Å². The Morgan fingerprint density at radius 3 is 2.21 bits per heavy atom. The lowest BCUT2D eigenvalue weighted by Crippen LogP contribution is -2.40. The number of amides is 3. The molecule has 2 saturated heterocycles. The number of carbonyl (C=O) groups excluding carboxylic acids is 3. The molecule has 0 bridgehead atoms. The molecule has 0 radical (unpaired) electrons. The number of imide groups is 1. The van der Waals surface area contributed by atoms with E-state index in [1.54, 1.807) is 0 Å². The van der Waals surface area contributed by atoms with Crippen LogP contribution >= 0.6 is 0 Å². The number of hydrogen-bond donors (Lipinski definition) is 1. The summed E-state index contributed by atoms with van der Waals surface area (Å²) in [7, 11) is 0. The van der Waals surface area contributed by atoms with Gasteiger partial charge in [-0.05, 0) is 61.0 Å². The maximum Gasteiger partial charge on any atom is 0.240 e. The van der Waals surface area contributed by atoms with Crippen LogP contribution in [-0.2, 0) is 27.5 Å². The first-order chi connectivity index (χ1) is 16.6. The fourth-order valence-electron chi connectivity index (χ4n) is 5.36. The molecule has 0 saturated carbocycles. The van der Waals surface area contributed by atoms with Gasteiger partial charge in [0.2, 0.25) is 17.7 Å². The van der Waals surface area contributed by atoms with Crippen LogP contribution < -0.4 is 5.32 Å². The Kier molecular flexibility index (Phi) is 6.59. The third kappa shape index (κ3) is 4.68. The van der Waals surface area contributed by atoms with Gasteiger partial charge in [-0.25, -0.2) is 0 Å². The molecule has 3 aliphatic rings. The van der Waals surface area contributed by atoms with E-state index in [-0.39, 0.29) is 36.1 Å². The van der Waals surface area contributed by atoms with Crippen LogP contribution in [0.15, 0.2) is 60.7 Å². The van der Waals surface area contributed by atoms with E-state index in [1.165, 1.54) is 31.5 Å². The number of rotatable bonds is 7. The Morgan fingerprint density at radius 1 is 0.882 bits per heavy atom. The van der Waals surface area contributed by atoms with Crippen LogP contribution in [0.25, 0.3) is 11.1 Å². The Bertz CT molecular complexity index is 1080. The van der Waals surface area contributed by atoms with Crippen LogP contribution in [0, 0.1) is 11.8 Å². The summed E-state index contributed by atoms with van der Waals surface area (Å²) in [5, 5.41) is 2.91. The van der Waals surface area contributed by atoms with Gasteiger partial charge in [0, 0.05) is 13.1 Å². The van der Waals surface area contributed by atoms with Gasteiger partial charge in [0.1, 0.15) is 6.54 Å². The summed E-state index contributed by atoms with van der Waals surface area (Å²) in [6.07, 6.45) is 7.64. The molecule has 2 fully saturated rings. The molecular formula is C28H31N3O3. The number of fused-ring (bicyclic) bond motifs is 1. The van der Waals surface area contributed by atoms with E-state index in [4.69, 9.17) is 0 Å². The zero-order chi connectivity index (χ0) is 23.5. The van der Waals surface area contributed by atoms with Crippen LogP contribution in [0.3, 0.4) is 0 Å². The predicted molar refractivity (Wildman–Crippen MR) is 130 cm³/mol.